The number of nitrogens with zero attached hydrogens (tertiary/aromatic N) is 4. The van der Waals surface area contributed by atoms with E-state index in [1.54, 1.807) is 0 Å². The first-order valence-electron chi connectivity index (χ1n) is 10.4. The minimum atomic E-state index is -4.97. The predicted molar refractivity (Wildman–Crippen MR) is 105 cm³/mol. The average Bonchev–Trinajstić information content (AvgIpc) is 3.16. The van der Waals surface area contributed by atoms with Crippen molar-refractivity contribution in [3.05, 3.63) is 29.5 Å². The number of rotatable bonds is 3. The molecule has 0 saturated heterocycles. The minimum absolute atomic E-state index is 0.460. The maximum Gasteiger partial charge on any atom is 0.436 e. The zero-order valence-corrected chi connectivity index (χ0v) is 17.1. The van der Waals surface area contributed by atoms with Gasteiger partial charge in [0.15, 0.2) is 17.3 Å². The van der Waals surface area contributed by atoms with Crippen molar-refractivity contribution >= 4 is 11.8 Å². The first kappa shape index (κ1) is 22.4. The third kappa shape index (κ3) is 4.27. The van der Waals surface area contributed by atoms with Gasteiger partial charge in [0, 0.05) is 6.20 Å². The summed E-state index contributed by atoms with van der Waals surface area (Å²) in [6.45, 7) is 0.969. The van der Waals surface area contributed by atoms with Gasteiger partial charge in [-0.1, -0.05) is 0 Å². The molecule has 4 aliphatic carbocycles. The van der Waals surface area contributed by atoms with E-state index in [9.17, 15) is 22.4 Å². The number of hydrogen-bond donors (Lipinski definition) is 3. The van der Waals surface area contributed by atoms with Crippen LogP contribution in [0, 0.1) is 29.0 Å². The molecule has 0 spiro atoms. The van der Waals surface area contributed by atoms with Crippen LogP contribution in [0.2, 0.25) is 0 Å². The number of aromatic carboxylic acids is 1. The maximum atomic E-state index is 12.9. The Morgan fingerprint density at radius 1 is 1.19 bits per heavy atom. The van der Waals surface area contributed by atoms with Crippen LogP contribution >= 0.6 is 0 Å². The summed E-state index contributed by atoms with van der Waals surface area (Å²) in [6, 6.07) is 0. The summed E-state index contributed by atoms with van der Waals surface area (Å²) < 4.78 is 51.2. The van der Waals surface area contributed by atoms with Crippen molar-refractivity contribution < 1.29 is 27.5 Å². The molecule has 2 aromatic rings. The fourth-order valence-electron chi connectivity index (χ4n) is 5.86. The molecule has 0 atom stereocenters. The summed E-state index contributed by atoms with van der Waals surface area (Å²) in [4.78, 5) is 17.5. The van der Waals surface area contributed by atoms with Crippen LogP contribution in [-0.2, 0) is 6.18 Å². The van der Waals surface area contributed by atoms with Gasteiger partial charge in [0.05, 0.1) is 6.20 Å². The Morgan fingerprint density at radius 2 is 1.75 bits per heavy atom. The number of anilines is 1. The number of nitrogens with two attached hydrogens (primary N) is 2. The van der Waals surface area contributed by atoms with Crippen molar-refractivity contribution in [3.8, 4) is 5.95 Å². The van der Waals surface area contributed by atoms with Crippen LogP contribution in [0.25, 0.3) is 5.95 Å². The molecule has 0 aliphatic heterocycles. The third-order valence-corrected chi connectivity index (χ3v) is 6.77. The van der Waals surface area contributed by atoms with Gasteiger partial charge in [0.2, 0.25) is 0 Å². The van der Waals surface area contributed by atoms with Gasteiger partial charge in [0.1, 0.15) is 5.56 Å². The average molecular weight is 456 g/mol. The van der Waals surface area contributed by atoms with E-state index in [-0.39, 0.29) is 0 Å². The summed E-state index contributed by atoms with van der Waals surface area (Å²) in [7, 11) is 0. The van der Waals surface area contributed by atoms with Gasteiger partial charge in [-0.2, -0.15) is 23.3 Å². The number of carboxylic acids is 1. The Bertz CT molecular complexity index is 987. The quantitative estimate of drug-likeness (QED) is 0.604. The maximum absolute atomic E-state index is 12.9. The van der Waals surface area contributed by atoms with Crippen LogP contribution in [0.4, 0.5) is 23.4 Å². The number of carboxylic acid groups (broad SMARTS) is 1. The Balaban J connectivity index is 0.000000171. The van der Waals surface area contributed by atoms with E-state index < -0.39 is 41.0 Å². The molecule has 0 amide bonds. The monoisotopic (exact) mass is 456 g/mol. The second kappa shape index (κ2) is 7.98. The normalized spacial score (nSPS) is 28.3. The van der Waals surface area contributed by atoms with Crippen LogP contribution in [0.1, 0.15) is 54.6 Å². The van der Waals surface area contributed by atoms with Crippen molar-refractivity contribution in [1.29, 1.82) is 0 Å². The van der Waals surface area contributed by atoms with Crippen molar-refractivity contribution in [3.63, 3.8) is 0 Å². The van der Waals surface area contributed by atoms with Crippen LogP contribution in [0.3, 0.4) is 0 Å². The molecule has 12 heteroatoms. The highest BCUT2D eigenvalue weighted by Crippen LogP contribution is 2.59. The van der Waals surface area contributed by atoms with Gasteiger partial charge in [0.25, 0.3) is 5.95 Å². The lowest BCUT2D eigenvalue weighted by Crippen LogP contribution is -2.49. The second-order valence-electron chi connectivity index (χ2n) is 9.16. The summed E-state index contributed by atoms with van der Waals surface area (Å²) in [5.74, 6) is -0.661. The van der Waals surface area contributed by atoms with Crippen molar-refractivity contribution in [2.24, 2.45) is 28.9 Å². The third-order valence-electron chi connectivity index (χ3n) is 6.77. The van der Waals surface area contributed by atoms with E-state index in [1.807, 2.05) is 0 Å². The molecule has 0 radical (unpaired) electrons. The lowest BCUT2D eigenvalue weighted by atomic mass is 9.50. The summed E-state index contributed by atoms with van der Waals surface area (Å²) in [6.07, 6.45) is 5.26. The predicted octanol–water partition coefficient (Wildman–Crippen LogP) is 3.26. The first-order valence-corrected chi connectivity index (χ1v) is 10.4. The van der Waals surface area contributed by atoms with Crippen LogP contribution in [0.15, 0.2) is 12.4 Å². The number of alkyl halides is 3. The minimum Gasteiger partial charge on any atom is -0.478 e. The Labute approximate surface area is 181 Å². The Morgan fingerprint density at radius 3 is 2.16 bits per heavy atom. The number of hydrogen-bond acceptors (Lipinski definition) is 6. The molecule has 4 aliphatic rings. The summed E-state index contributed by atoms with van der Waals surface area (Å²) in [5, 5.41) is 11.8. The lowest BCUT2D eigenvalue weighted by Gasteiger charge is -2.56. The van der Waals surface area contributed by atoms with Gasteiger partial charge in [-0.3, -0.25) is 0 Å². The number of aromatic nitrogens is 4. The van der Waals surface area contributed by atoms with Gasteiger partial charge in [-0.25, -0.2) is 18.9 Å². The molecule has 0 aromatic carbocycles. The molecule has 2 aromatic heterocycles. The molecular formula is C20H24F4N6O2. The standard InChI is InChI=1S/C11H19N.C9H5F4N5O2/c12-7-11-4-8-1-9(5-11)3-10(2-8)6-11;10-4-1-15-8(16-6(4)14)18-2-3(7(19)20)5(17-18)9(11,12)13/h8-10H,1-7,12H2;1-2H,(H,19,20)(H2,14,15,16). The summed E-state index contributed by atoms with van der Waals surface area (Å²) >= 11 is 0. The molecule has 2 heterocycles. The fourth-order valence-corrected chi connectivity index (χ4v) is 5.86. The van der Waals surface area contributed by atoms with E-state index in [0.29, 0.717) is 22.5 Å². The number of carbonyl (C=O) groups is 1. The number of halogens is 4. The van der Waals surface area contributed by atoms with E-state index in [1.165, 1.54) is 38.5 Å². The van der Waals surface area contributed by atoms with E-state index >= 15 is 0 Å². The molecule has 6 rings (SSSR count). The lowest BCUT2D eigenvalue weighted by molar-refractivity contribution is -0.141. The zero-order chi connectivity index (χ0) is 23.3. The molecule has 4 saturated carbocycles. The topological polar surface area (TPSA) is 133 Å². The fraction of sp³-hybridized carbons (Fsp3) is 0.600. The molecule has 32 heavy (non-hydrogen) atoms. The summed E-state index contributed by atoms with van der Waals surface area (Å²) in [5.41, 5.74) is 9.00. The molecule has 4 fully saturated rings. The highest BCUT2D eigenvalue weighted by molar-refractivity contribution is 5.88. The smallest absolute Gasteiger partial charge is 0.436 e. The van der Waals surface area contributed by atoms with E-state index in [0.717, 1.165) is 24.3 Å². The molecule has 8 nitrogen and oxygen atoms in total. The molecule has 0 unspecified atom stereocenters. The van der Waals surface area contributed by atoms with E-state index in [2.05, 4.69) is 15.1 Å². The van der Waals surface area contributed by atoms with Crippen LogP contribution < -0.4 is 11.5 Å². The highest BCUT2D eigenvalue weighted by Gasteiger charge is 2.50. The van der Waals surface area contributed by atoms with Gasteiger partial charge in [-0.15, -0.1) is 0 Å². The second-order valence-corrected chi connectivity index (χ2v) is 9.16. The van der Waals surface area contributed by atoms with Crippen molar-refractivity contribution in [2.45, 2.75) is 44.7 Å². The molecule has 174 valence electrons. The Kier molecular flexibility index (Phi) is 5.60. The van der Waals surface area contributed by atoms with Gasteiger partial charge in [-0.05, 0) is 68.2 Å². The largest absolute Gasteiger partial charge is 0.478 e. The molecule has 4 bridgehead atoms. The van der Waals surface area contributed by atoms with Crippen LogP contribution in [0.5, 0.6) is 0 Å². The van der Waals surface area contributed by atoms with Crippen molar-refractivity contribution in [2.75, 3.05) is 12.3 Å². The highest BCUT2D eigenvalue weighted by atomic mass is 19.4. The zero-order valence-electron chi connectivity index (χ0n) is 17.1. The van der Waals surface area contributed by atoms with Gasteiger partial charge >= 0.3 is 12.1 Å². The molecule has 5 N–H and O–H groups in total. The van der Waals surface area contributed by atoms with Gasteiger partial charge < -0.3 is 16.6 Å². The SMILES string of the molecule is NCC12CC3CC(CC(C3)C1)C2.Nc1nc(-n2cc(C(=O)O)c(C(F)(F)F)n2)ncc1F. The van der Waals surface area contributed by atoms with Crippen molar-refractivity contribution in [1.82, 2.24) is 19.7 Å². The van der Waals surface area contributed by atoms with Crippen LogP contribution in [-0.4, -0.2) is 37.4 Å². The van der Waals surface area contributed by atoms with E-state index in [4.69, 9.17) is 16.6 Å². The number of nitrogen functional groups attached to an aromatic ring is 1. The molecular weight excluding hydrogens is 432 g/mol. The first-order chi connectivity index (χ1) is 15.0. The Hall–Kier alpha value is -2.76.